The highest BCUT2D eigenvalue weighted by molar-refractivity contribution is 5.77. The molecule has 1 aliphatic heterocycles. The van der Waals surface area contributed by atoms with Crippen LogP contribution in [0.2, 0.25) is 0 Å². The number of para-hydroxylation sites is 1. The SMILES string of the molecule is COc1ccc(CN(Cc2ccc(OC)cc2)c2cc3c(cn2)C(C)Oc2ccccc2-3)cc1. The third-order valence-electron chi connectivity index (χ3n) is 6.23. The van der Waals surface area contributed by atoms with Crippen molar-refractivity contribution in [3.05, 3.63) is 102 Å². The summed E-state index contributed by atoms with van der Waals surface area (Å²) < 4.78 is 16.8. The zero-order chi connectivity index (χ0) is 23.5. The summed E-state index contributed by atoms with van der Waals surface area (Å²) in [4.78, 5) is 7.17. The van der Waals surface area contributed by atoms with Crippen LogP contribution >= 0.6 is 0 Å². The Bertz CT molecular complexity index is 1220. The summed E-state index contributed by atoms with van der Waals surface area (Å²) in [7, 11) is 3.37. The second-order valence-corrected chi connectivity index (χ2v) is 8.44. The van der Waals surface area contributed by atoms with E-state index in [0.29, 0.717) is 0 Å². The smallest absolute Gasteiger partial charge is 0.129 e. The highest BCUT2D eigenvalue weighted by Gasteiger charge is 2.24. The van der Waals surface area contributed by atoms with Crippen LogP contribution in [0.15, 0.2) is 85.1 Å². The number of hydrogen-bond acceptors (Lipinski definition) is 5. The average molecular weight is 453 g/mol. The van der Waals surface area contributed by atoms with E-state index in [1.807, 2.05) is 42.6 Å². The predicted octanol–water partition coefficient (Wildman–Crippen LogP) is 6.43. The van der Waals surface area contributed by atoms with E-state index in [4.69, 9.17) is 19.2 Å². The Morgan fingerprint density at radius 3 is 1.97 bits per heavy atom. The van der Waals surface area contributed by atoms with E-state index >= 15 is 0 Å². The van der Waals surface area contributed by atoms with Crippen molar-refractivity contribution in [2.75, 3.05) is 19.1 Å². The zero-order valence-electron chi connectivity index (χ0n) is 19.7. The lowest BCUT2D eigenvalue weighted by Crippen LogP contribution is -2.24. The molecule has 0 spiro atoms. The van der Waals surface area contributed by atoms with Gasteiger partial charge in [0.2, 0.25) is 0 Å². The van der Waals surface area contributed by atoms with E-state index in [-0.39, 0.29) is 6.10 Å². The number of nitrogens with zero attached hydrogens (tertiary/aromatic N) is 2. The van der Waals surface area contributed by atoms with Crippen LogP contribution in [-0.2, 0) is 13.1 Å². The number of benzene rings is 3. The molecule has 5 rings (SSSR count). The fraction of sp³-hybridized carbons (Fsp3) is 0.207. The summed E-state index contributed by atoms with van der Waals surface area (Å²) in [6, 6.07) is 26.8. The molecule has 4 aromatic rings. The Balaban J connectivity index is 1.52. The molecular weight excluding hydrogens is 424 g/mol. The van der Waals surface area contributed by atoms with Gasteiger partial charge in [-0.15, -0.1) is 0 Å². The molecule has 3 aromatic carbocycles. The first-order valence-corrected chi connectivity index (χ1v) is 11.4. The first-order valence-electron chi connectivity index (χ1n) is 11.4. The summed E-state index contributed by atoms with van der Waals surface area (Å²) in [6.07, 6.45) is 1.92. The molecular formula is C29H28N2O3. The Labute approximate surface area is 200 Å². The zero-order valence-corrected chi connectivity index (χ0v) is 19.7. The number of methoxy groups -OCH3 is 2. The molecule has 1 aliphatic rings. The van der Waals surface area contributed by atoms with E-state index in [1.54, 1.807) is 14.2 Å². The predicted molar refractivity (Wildman–Crippen MR) is 135 cm³/mol. The minimum atomic E-state index is -0.0388. The number of pyridine rings is 1. The topological polar surface area (TPSA) is 43.8 Å². The Hall–Kier alpha value is -3.99. The maximum atomic E-state index is 6.12. The molecule has 5 nitrogen and oxygen atoms in total. The molecule has 1 unspecified atom stereocenters. The second kappa shape index (κ2) is 9.48. The van der Waals surface area contributed by atoms with Crippen LogP contribution in [0.1, 0.15) is 29.7 Å². The first-order chi connectivity index (χ1) is 16.6. The van der Waals surface area contributed by atoms with Crippen LogP contribution in [0.5, 0.6) is 17.2 Å². The standard InChI is InChI=1S/C29H28N2O3/c1-20-27-17-30-29(16-26(27)25-6-4-5-7-28(25)34-20)31(18-21-8-12-23(32-2)13-9-21)19-22-10-14-24(33-3)15-11-22/h4-17,20H,18-19H2,1-3H3. The Kier molecular flexibility index (Phi) is 6.09. The van der Waals surface area contributed by atoms with Crippen molar-refractivity contribution in [2.45, 2.75) is 26.1 Å². The van der Waals surface area contributed by atoms with Crippen molar-refractivity contribution in [3.8, 4) is 28.4 Å². The minimum Gasteiger partial charge on any atom is -0.497 e. The molecule has 0 fully saturated rings. The molecule has 0 radical (unpaired) electrons. The lowest BCUT2D eigenvalue weighted by atomic mass is 9.95. The van der Waals surface area contributed by atoms with Crippen LogP contribution in [0.3, 0.4) is 0 Å². The van der Waals surface area contributed by atoms with Gasteiger partial charge in [-0.1, -0.05) is 42.5 Å². The van der Waals surface area contributed by atoms with Gasteiger partial charge >= 0.3 is 0 Å². The molecule has 0 amide bonds. The number of hydrogen-bond donors (Lipinski definition) is 0. The van der Waals surface area contributed by atoms with Crippen molar-refractivity contribution in [3.63, 3.8) is 0 Å². The molecule has 34 heavy (non-hydrogen) atoms. The number of anilines is 1. The second-order valence-electron chi connectivity index (χ2n) is 8.44. The number of aromatic nitrogens is 1. The number of fused-ring (bicyclic) bond motifs is 3. The summed E-state index contributed by atoms with van der Waals surface area (Å²) >= 11 is 0. The van der Waals surface area contributed by atoms with Crippen LogP contribution < -0.4 is 19.1 Å². The molecule has 172 valence electrons. The Morgan fingerprint density at radius 1 is 0.794 bits per heavy atom. The molecule has 0 bridgehead atoms. The van der Waals surface area contributed by atoms with E-state index < -0.39 is 0 Å². The van der Waals surface area contributed by atoms with Gasteiger partial charge < -0.3 is 19.1 Å². The van der Waals surface area contributed by atoms with Gasteiger partial charge in [0, 0.05) is 30.4 Å². The lowest BCUT2D eigenvalue weighted by molar-refractivity contribution is 0.223. The van der Waals surface area contributed by atoms with Gasteiger partial charge in [-0.2, -0.15) is 0 Å². The summed E-state index contributed by atoms with van der Waals surface area (Å²) in [5.74, 6) is 3.54. The van der Waals surface area contributed by atoms with Gasteiger partial charge in [-0.05, 0) is 60.0 Å². The maximum absolute atomic E-state index is 6.12. The van der Waals surface area contributed by atoms with Gasteiger partial charge in [0.15, 0.2) is 0 Å². The van der Waals surface area contributed by atoms with Crippen molar-refractivity contribution in [1.29, 1.82) is 0 Å². The minimum absolute atomic E-state index is 0.0388. The van der Waals surface area contributed by atoms with Crippen LogP contribution in [0.25, 0.3) is 11.1 Å². The van der Waals surface area contributed by atoms with E-state index in [9.17, 15) is 0 Å². The van der Waals surface area contributed by atoms with Crippen LogP contribution in [0.4, 0.5) is 5.82 Å². The van der Waals surface area contributed by atoms with E-state index in [0.717, 1.165) is 47.3 Å². The fourth-order valence-corrected chi connectivity index (χ4v) is 4.35. The lowest BCUT2D eigenvalue weighted by Gasteiger charge is -2.29. The molecule has 1 atom stereocenters. The first kappa shape index (κ1) is 21.8. The monoisotopic (exact) mass is 452 g/mol. The highest BCUT2D eigenvalue weighted by atomic mass is 16.5. The average Bonchev–Trinajstić information content (AvgIpc) is 2.89. The van der Waals surface area contributed by atoms with Crippen LogP contribution in [0, 0.1) is 0 Å². The third-order valence-corrected chi connectivity index (χ3v) is 6.23. The van der Waals surface area contributed by atoms with E-state index in [2.05, 4.69) is 54.3 Å². The molecule has 5 heteroatoms. The van der Waals surface area contributed by atoms with Crippen molar-refractivity contribution in [2.24, 2.45) is 0 Å². The molecule has 0 saturated carbocycles. The summed E-state index contributed by atoms with van der Waals surface area (Å²) in [5, 5.41) is 0. The summed E-state index contributed by atoms with van der Waals surface area (Å²) in [5.41, 5.74) is 5.76. The number of ether oxygens (including phenoxy) is 3. The number of rotatable bonds is 7. The molecule has 0 saturated heterocycles. The van der Waals surface area contributed by atoms with Crippen LogP contribution in [-0.4, -0.2) is 19.2 Å². The Morgan fingerprint density at radius 2 is 1.38 bits per heavy atom. The molecule has 1 aromatic heterocycles. The fourth-order valence-electron chi connectivity index (χ4n) is 4.35. The quantitative estimate of drug-likeness (QED) is 0.323. The van der Waals surface area contributed by atoms with Gasteiger partial charge in [0.1, 0.15) is 29.2 Å². The van der Waals surface area contributed by atoms with Crippen molar-refractivity contribution in [1.82, 2.24) is 4.98 Å². The third kappa shape index (κ3) is 4.42. The van der Waals surface area contributed by atoms with Gasteiger partial charge in [-0.25, -0.2) is 4.98 Å². The molecule has 2 heterocycles. The summed E-state index contributed by atoms with van der Waals surface area (Å²) in [6.45, 7) is 3.51. The van der Waals surface area contributed by atoms with Gasteiger partial charge in [-0.3, -0.25) is 0 Å². The van der Waals surface area contributed by atoms with E-state index in [1.165, 1.54) is 16.7 Å². The largest absolute Gasteiger partial charge is 0.497 e. The van der Waals surface area contributed by atoms with Crippen molar-refractivity contribution >= 4 is 5.82 Å². The normalized spacial score (nSPS) is 13.9. The highest BCUT2D eigenvalue weighted by Crippen LogP contribution is 2.43. The molecule has 0 N–H and O–H groups in total. The molecule has 0 aliphatic carbocycles. The maximum Gasteiger partial charge on any atom is 0.129 e. The van der Waals surface area contributed by atoms with Gasteiger partial charge in [0.25, 0.3) is 0 Å². The van der Waals surface area contributed by atoms with Crippen molar-refractivity contribution < 1.29 is 14.2 Å². The van der Waals surface area contributed by atoms with Gasteiger partial charge in [0.05, 0.1) is 14.2 Å².